The Hall–Kier alpha value is -3.42. The van der Waals surface area contributed by atoms with E-state index in [0.29, 0.717) is 16.4 Å². The lowest BCUT2D eigenvalue weighted by Gasteiger charge is -2.05. The SMILES string of the molecule is Cc1nc(-c2ccccc2)c(C(=O)Nc2ccc(-c3nc4ccccc4s3)cn2)s1. The number of hydrogen-bond acceptors (Lipinski definition) is 6. The smallest absolute Gasteiger partial charge is 0.269 e. The summed E-state index contributed by atoms with van der Waals surface area (Å²) in [5, 5.41) is 4.64. The third kappa shape index (κ3) is 3.60. The molecule has 5 rings (SSSR count). The molecule has 3 heterocycles. The number of thiazole rings is 2. The molecular formula is C23H16N4OS2. The van der Waals surface area contributed by atoms with Gasteiger partial charge >= 0.3 is 0 Å². The molecule has 0 fully saturated rings. The Morgan fingerprint density at radius 1 is 0.867 bits per heavy atom. The van der Waals surface area contributed by atoms with Crippen LogP contribution in [0, 0.1) is 6.92 Å². The molecule has 0 spiro atoms. The lowest BCUT2D eigenvalue weighted by atomic mass is 10.1. The second-order valence-electron chi connectivity index (χ2n) is 6.65. The number of nitrogens with one attached hydrogen (secondary N) is 1. The number of nitrogens with zero attached hydrogens (tertiary/aromatic N) is 3. The summed E-state index contributed by atoms with van der Waals surface area (Å²) in [5.74, 6) is 0.287. The zero-order chi connectivity index (χ0) is 20.5. The van der Waals surface area contributed by atoms with E-state index in [4.69, 9.17) is 0 Å². The van der Waals surface area contributed by atoms with E-state index in [2.05, 4.69) is 26.3 Å². The fourth-order valence-electron chi connectivity index (χ4n) is 3.14. The van der Waals surface area contributed by atoms with Crippen LogP contribution in [-0.4, -0.2) is 20.9 Å². The number of aryl methyl sites for hydroxylation is 1. The molecule has 3 aromatic heterocycles. The van der Waals surface area contributed by atoms with Crippen molar-refractivity contribution in [2.45, 2.75) is 6.92 Å². The van der Waals surface area contributed by atoms with Gasteiger partial charge < -0.3 is 5.32 Å². The van der Waals surface area contributed by atoms with Gasteiger partial charge in [0, 0.05) is 17.3 Å². The van der Waals surface area contributed by atoms with Gasteiger partial charge in [0.2, 0.25) is 0 Å². The summed E-state index contributed by atoms with van der Waals surface area (Å²) in [7, 11) is 0. The summed E-state index contributed by atoms with van der Waals surface area (Å²) in [4.78, 5) is 27.1. The highest BCUT2D eigenvalue weighted by molar-refractivity contribution is 7.21. The molecule has 30 heavy (non-hydrogen) atoms. The van der Waals surface area contributed by atoms with Crippen molar-refractivity contribution >= 4 is 44.6 Å². The summed E-state index contributed by atoms with van der Waals surface area (Å²) >= 11 is 3.00. The lowest BCUT2D eigenvalue weighted by molar-refractivity contribution is 0.103. The van der Waals surface area contributed by atoms with E-state index in [1.54, 1.807) is 23.6 Å². The molecule has 1 N–H and O–H groups in total. The van der Waals surface area contributed by atoms with Crippen LogP contribution in [0.3, 0.4) is 0 Å². The number of anilines is 1. The highest BCUT2D eigenvalue weighted by atomic mass is 32.1. The van der Waals surface area contributed by atoms with Gasteiger partial charge in [0.15, 0.2) is 0 Å². The Labute approximate surface area is 181 Å². The number of carbonyl (C=O) groups excluding carboxylic acids is 1. The Morgan fingerprint density at radius 2 is 1.67 bits per heavy atom. The Bertz CT molecular complexity index is 1310. The second-order valence-corrected chi connectivity index (χ2v) is 8.88. The quantitative estimate of drug-likeness (QED) is 0.379. The lowest BCUT2D eigenvalue weighted by Crippen LogP contribution is -2.12. The number of benzene rings is 2. The van der Waals surface area contributed by atoms with E-state index in [1.807, 2.05) is 61.5 Å². The number of hydrogen-bond donors (Lipinski definition) is 1. The Kier molecular flexibility index (Phi) is 4.82. The molecule has 0 aliphatic rings. The van der Waals surface area contributed by atoms with Crippen molar-refractivity contribution in [2.24, 2.45) is 0 Å². The van der Waals surface area contributed by atoms with Crippen LogP contribution in [0.1, 0.15) is 14.7 Å². The highest BCUT2D eigenvalue weighted by Crippen LogP contribution is 2.31. The highest BCUT2D eigenvalue weighted by Gasteiger charge is 2.18. The van der Waals surface area contributed by atoms with Crippen molar-refractivity contribution in [3.63, 3.8) is 0 Å². The van der Waals surface area contributed by atoms with E-state index < -0.39 is 0 Å². The molecule has 146 valence electrons. The average molecular weight is 429 g/mol. The minimum Gasteiger partial charge on any atom is -0.306 e. The molecule has 7 heteroatoms. The van der Waals surface area contributed by atoms with Gasteiger partial charge in [-0.3, -0.25) is 4.79 Å². The molecule has 5 aromatic rings. The third-order valence-corrected chi connectivity index (χ3v) is 6.59. The molecule has 0 unspecified atom stereocenters. The molecular weight excluding hydrogens is 412 g/mol. The van der Waals surface area contributed by atoms with E-state index >= 15 is 0 Å². The molecule has 0 aliphatic heterocycles. The minimum atomic E-state index is -0.209. The third-order valence-electron chi connectivity index (χ3n) is 4.53. The van der Waals surface area contributed by atoms with Crippen LogP contribution in [-0.2, 0) is 0 Å². The standard InChI is InChI=1S/C23H16N4OS2/c1-14-25-20(15-7-3-2-4-8-15)21(29-14)22(28)27-19-12-11-16(13-24-19)23-26-17-9-5-6-10-18(17)30-23/h2-13H,1H3,(H,24,27,28). The summed E-state index contributed by atoms with van der Waals surface area (Å²) in [6.45, 7) is 1.90. The first-order valence-corrected chi connectivity index (χ1v) is 11.0. The van der Waals surface area contributed by atoms with E-state index in [1.165, 1.54) is 11.3 Å². The molecule has 0 saturated heterocycles. The van der Waals surface area contributed by atoms with Crippen molar-refractivity contribution in [3.05, 3.63) is 82.8 Å². The van der Waals surface area contributed by atoms with Crippen LogP contribution in [0.25, 0.3) is 32.0 Å². The largest absolute Gasteiger partial charge is 0.306 e. The van der Waals surface area contributed by atoms with Crippen LogP contribution in [0.4, 0.5) is 5.82 Å². The summed E-state index contributed by atoms with van der Waals surface area (Å²) in [6.07, 6.45) is 1.74. The van der Waals surface area contributed by atoms with Crippen LogP contribution >= 0.6 is 22.7 Å². The summed E-state index contributed by atoms with van der Waals surface area (Å²) in [5.41, 5.74) is 3.52. The predicted octanol–water partition coefficient (Wildman–Crippen LogP) is 6.04. The van der Waals surface area contributed by atoms with Gasteiger partial charge in [0.1, 0.15) is 15.7 Å². The summed E-state index contributed by atoms with van der Waals surface area (Å²) < 4.78 is 1.14. The average Bonchev–Trinajstić information content (AvgIpc) is 3.38. The molecule has 0 radical (unpaired) electrons. The fraction of sp³-hybridized carbons (Fsp3) is 0.0435. The number of fused-ring (bicyclic) bond motifs is 1. The number of aromatic nitrogens is 3. The van der Waals surface area contributed by atoms with Crippen LogP contribution in [0.2, 0.25) is 0 Å². The number of pyridine rings is 1. The summed E-state index contributed by atoms with van der Waals surface area (Å²) in [6, 6.07) is 21.5. The Morgan fingerprint density at radius 3 is 2.43 bits per heavy atom. The van der Waals surface area contributed by atoms with Gasteiger partial charge in [-0.15, -0.1) is 22.7 Å². The molecule has 5 nitrogen and oxygen atoms in total. The first kappa shape index (κ1) is 18.6. The monoisotopic (exact) mass is 428 g/mol. The molecule has 0 bridgehead atoms. The number of carbonyl (C=O) groups is 1. The molecule has 0 atom stereocenters. The molecule has 2 aromatic carbocycles. The predicted molar refractivity (Wildman–Crippen MR) is 123 cm³/mol. The van der Waals surface area contributed by atoms with Gasteiger partial charge in [0.05, 0.1) is 20.9 Å². The van der Waals surface area contributed by atoms with Crippen LogP contribution in [0.5, 0.6) is 0 Å². The number of amides is 1. The normalized spacial score (nSPS) is 11.0. The first-order chi connectivity index (χ1) is 14.7. The van der Waals surface area contributed by atoms with Crippen molar-refractivity contribution in [1.82, 2.24) is 15.0 Å². The topological polar surface area (TPSA) is 67.8 Å². The molecule has 1 amide bonds. The van der Waals surface area contributed by atoms with E-state index in [-0.39, 0.29) is 5.91 Å². The van der Waals surface area contributed by atoms with Crippen molar-refractivity contribution in [3.8, 4) is 21.8 Å². The van der Waals surface area contributed by atoms with Gasteiger partial charge in [-0.1, -0.05) is 42.5 Å². The Balaban J connectivity index is 1.38. The maximum absolute atomic E-state index is 12.9. The van der Waals surface area contributed by atoms with E-state index in [9.17, 15) is 4.79 Å². The van der Waals surface area contributed by atoms with Gasteiger partial charge in [-0.2, -0.15) is 0 Å². The first-order valence-electron chi connectivity index (χ1n) is 9.33. The van der Waals surface area contributed by atoms with E-state index in [0.717, 1.165) is 31.4 Å². The minimum absolute atomic E-state index is 0.209. The number of rotatable bonds is 4. The molecule has 0 saturated carbocycles. The van der Waals surface area contributed by atoms with Gasteiger partial charge in [-0.25, -0.2) is 15.0 Å². The zero-order valence-electron chi connectivity index (χ0n) is 16.0. The van der Waals surface area contributed by atoms with Crippen LogP contribution in [0.15, 0.2) is 72.9 Å². The fourth-order valence-corrected chi connectivity index (χ4v) is 4.93. The number of para-hydroxylation sites is 1. The van der Waals surface area contributed by atoms with Crippen molar-refractivity contribution in [2.75, 3.05) is 5.32 Å². The van der Waals surface area contributed by atoms with Crippen molar-refractivity contribution < 1.29 is 4.79 Å². The van der Waals surface area contributed by atoms with Gasteiger partial charge in [-0.05, 0) is 31.2 Å². The van der Waals surface area contributed by atoms with Gasteiger partial charge in [0.25, 0.3) is 5.91 Å². The molecule has 0 aliphatic carbocycles. The maximum atomic E-state index is 12.9. The maximum Gasteiger partial charge on any atom is 0.269 e. The zero-order valence-corrected chi connectivity index (χ0v) is 17.6. The second kappa shape index (κ2) is 7.78. The van der Waals surface area contributed by atoms with Crippen LogP contribution < -0.4 is 5.32 Å². The van der Waals surface area contributed by atoms with Crippen molar-refractivity contribution in [1.29, 1.82) is 0 Å².